The lowest BCUT2D eigenvalue weighted by Gasteiger charge is -2.08. The average Bonchev–Trinajstić information content (AvgIpc) is 2.73. The van der Waals surface area contributed by atoms with Gasteiger partial charge in [0.2, 0.25) is 0 Å². The number of carbonyl (C=O) groups excluding carboxylic acids is 1. The molecule has 0 spiro atoms. The van der Waals surface area contributed by atoms with E-state index < -0.39 is 0 Å². The highest BCUT2D eigenvalue weighted by Crippen LogP contribution is 2.19. The third-order valence-electron chi connectivity index (χ3n) is 2.50. The fourth-order valence-corrected chi connectivity index (χ4v) is 2.12. The highest BCUT2D eigenvalue weighted by Gasteiger charge is 2.29. The minimum Gasteiger partial charge on any atom is -0.328 e. The zero-order valence-electron chi connectivity index (χ0n) is 9.40. The predicted molar refractivity (Wildman–Crippen MR) is 69.3 cm³/mol. The molecule has 17 heavy (non-hydrogen) atoms. The third-order valence-corrected chi connectivity index (χ3v) is 3.11. The molecule has 0 unspecified atom stereocenters. The SMILES string of the molecule is CCN1C(=O)/C(=C\c2c(Cl)cnn2C)NC1=S. The molecule has 1 aliphatic heterocycles. The van der Waals surface area contributed by atoms with Crippen LogP contribution in [0.25, 0.3) is 6.08 Å². The Balaban J connectivity index is 2.37. The molecule has 1 aromatic rings. The van der Waals surface area contributed by atoms with Crippen LogP contribution in [-0.2, 0) is 11.8 Å². The number of rotatable bonds is 2. The van der Waals surface area contributed by atoms with E-state index in [4.69, 9.17) is 23.8 Å². The first-order valence-electron chi connectivity index (χ1n) is 5.06. The van der Waals surface area contributed by atoms with Crippen LogP contribution in [0.1, 0.15) is 12.6 Å². The van der Waals surface area contributed by atoms with Crippen LogP contribution in [0.5, 0.6) is 0 Å². The van der Waals surface area contributed by atoms with E-state index in [0.717, 1.165) is 0 Å². The molecule has 0 aromatic carbocycles. The van der Waals surface area contributed by atoms with Crippen LogP contribution in [0.4, 0.5) is 0 Å². The number of aromatic nitrogens is 2. The summed E-state index contributed by atoms with van der Waals surface area (Å²) in [7, 11) is 1.76. The van der Waals surface area contributed by atoms with Gasteiger partial charge >= 0.3 is 0 Å². The van der Waals surface area contributed by atoms with Crippen LogP contribution in [-0.4, -0.2) is 32.2 Å². The first-order chi connectivity index (χ1) is 8.04. The molecule has 0 radical (unpaired) electrons. The van der Waals surface area contributed by atoms with Gasteiger partial charge in [-0.2, -0.15) is 5.10 Å². The first-order valence-corrected chi connectivity index (χ1v) is 5.85. The number of thiocarbonyl (C=S) groups is 1. The van der Waals surface area contributed by atoms with Gasteiger partial charge < -0.3 is 5.32 Å². The molecule has 1 aliphatic rings. The summed E-state index contributed by atoms with van der Waals surface area (Å²) in [6, 6.07) is 0. The van der Waals surface area contributed by atoms with Gasteiger partial charge in [0.1, 0.15) is 5.70 Å². The van der Waals surface area contributed by atoms with Crippen LogP contribution in [0, 0.1) is 0 Å². The van der Waals surface area contributed by atoms with Crippen molar-refractivity contribution in [2.45, 2.75) is 6.92 Å². The summed E-state index contributed by atoms with van der Waals surface area (Å²) in [5, 5.41) is 7.78. The second-order valence-electron chi connectivity index (χ2n) is 3.54. The average molecular weight is 271 g/mol. The normalized spacial score (nSPS) is 18.1. The van der Waals surface area contributed by atoms with E-state index >= 15 is 0 Å². The third kappa shape index (κ3) is 2.05. The standard InChI is InChI=1S/C10H11ClN4OS/c1-3-15-9(16)7(13-10(15)17)4-8-6(11)5-12-14(8)2/h4-5H,3H2,1-2H3,(H,13,17)/b7-4+. The molecule has 1 fully saturated rings. The van der Waals surface area contributed by atoms with E-state index in [1.165, 1.54) is 11.1 Å². The maximum Gasteiger partial charge on any atom is 0.276 e. The van der Waals surface area contributed by atoms with E-state index in [1.54, 1.807) is 17.8 Å². The van der Waals surface area contributed by atoms with Crippen molar-refractivity contribution >= 4 is 40.9 Å². The fraction of sp³-hybridized carbons (Fsp3) is 0.300. The summed E-state index contributed by atoms with van der Waals surface area (Å²) in [5.74, 6) is -0.144. The molecular formula is C10H11ClN4OS. The van der Waals surface area contributed by atoms with Crippen molar-refractivity contribution in [3.63, 3.8) is 0 Å². The van der Waals surface area contributed by atoms with Gasteiger partial charge in [-0.1, -0.05) is 11.6 Å². The summed E-state index contributed by atoms with van der Waals surface area (Å²) in [6.07, 6.45) is 3.18. The summed E-state index contributed by atoms with van der Waals surface area (Å²) < 4.78 is 1.60. The van der Waals surface area contributed by atoms with Crippen molar-refractivity contribution < 1.29 is 4.79 Å². The highest BCUT2D eigenvalue weighted by molar-refractivity contribution is 7.80. The fourth-order valence-electron chi connectivity index (χ4n) is 1.58. The lowest BCUT2D eigenvalue weighted by Crippen LogP contribution is -2.30. The monoisotopic (exact) mass is 270 g/mol. The maximum absolute atomic E-state index is 11.9. The Morgan fingerprint density at radius 2 is 2.35 bits per heavy atom. The summed E-state index contributed by atoms with van der Waals surface area (Å²) in [6.45, 7) is 2.41. The Morgan fingerprint density at radius 1 is 1.65 bits per heavy atom. The molecule has 0 atom stereocenters. The van der Waals surface area contributed by atoms with Gasteiger partial charge in [0.15, 0.2) is 5.11 Å². The van der Waals surface area contributed by atoms with Gasteiger partial charge in [0.05, 0.1) is 16.9 Å². The van der Waals surface area contributed by atoms with Crippen molar-refractivity contribution in [2.24, 2.45) is 7.05 Å². The summed E-state index contributed by atoms with van der Waals surface area (Å²) in [5.41, 5.74) is 1.09. The number of hydrogen-bond acceptors (Lipinski definition) is 3. The van der Waals surface area contributed by atoms with Crippen LogP contribution in [0.15, 0.2) is 11.9 Å². The molecule has 0 bridgehead atoms. The molecule has 1 N–H and O–H groups in total. The van der Waals surface area contributed by atoms with E-state index in [9.17, 15) is 4.79 Å². The quantitative estimate of drug-likeness (QED) is 0.647. The molecule has 0 aliphatic carbocycles. The van der Waals surface area contributed by atoms with E-state index in [2.05, 4.69) is 10.4 Å². The van der Waals surface area contributed by atoms with Gasteiger partial charge in [0, 0.05) is 13.6 Å². The lowest BCUT2D eigenvalue weighted by molar-refractivity contribution is -0.122. The second kappa shape index (κ2) is 4.46. The molecule has 2 heterocycles. The molecule has 0 saturated carbocycles. The number of halogens is 1. The minimum atomic E-state index is -0.144. The van der Waals surface area contributed by atoms with Crippen molar-refractivity contribution in [1.29, 1.82) is 0 Å². The number of carbonyl (C=O) groups is 1. The van der Waals surface area contributed by atoms with Crippen molar-refractivity contribution in [3.8, 4) is 0 Å². The van der Waals surface area contributed by atoms with Crippen LogP contribution in [0.3, 0.4) is 0 Å². The van der Waals surface area contributed by atoms with Crippen molar-refractivity contribution in [1.82, 2.24) is 20.0 Å². The van der Waals surface area contributed by atoms with Crippen LogP contribution < -0.4 is 5.32 Å². The zero-order valence-corrected chi connectivity index (χ0v) is 11.0. The molecule has 1 amide bonds. The lowest BCUT2D eigenvalue weighted by atomic mass is 10.3. The maximum atomic E-state index is 11.9. The van der Waals surface area contributed by atoms with Gasteiger partial charge in [-0.3, -0.25) is 14.4 Å². The molecule has 2 rings (SSSR count). The summed E-state index contributed by atoms with van der Waals surface area (Å²) in [4.78, 5) is 13.4. The van der Waals surface area contributed by atoms with Gasteiger partial charge in [-0.05, 0) is 25.2 Å². The number of aryl methyl sites for hydroxylation is 1. The predicted octanol–water partition coefficient (Wildman–Crippen LogP) is 1.15. The van der Waals surface area contributed by atoms with Crippen LogP contribution in [0.2, 0.25) is 5.02 Å². The minimum absolute atomic E-state index is 0.144. The number of amides is 1. The highest BCUT2D eigenvalue weighted by atomic mass is 35.5. The molecular weight excluding hydrogens is 260 g/mol. The number of likely N-dealkylation sites (N-methyl/N-ethyl adjacent to an activating group) is 1. The molecule has 1 aromatic heterocycles. The molecule has 90 valence electrons. The summed E-state index contributed by atoms with van der Waals surface area (Å²) >= 11 is 11.0. The van der Waals surface area contributed by atoms with Gasteiger partial charge in [-0.15, -0.1) is 0 Å². The Morgan fingerprint density at radius 3 is 2.82 bits per heavy atom. The van der Waals surface area contributed by atoms with E-state index in [1.807, 2.05) is 6.92 Å². The Bertz CT molecular complexity index is 503. The number of nitrogens with zero attached hydrogens (tertiary/aromatic N) is 3. The van der Waals surface area contributed by atoms with Gasteiger partial charge in [-0.25, -0.2) is 0 Å². The second-order valence-corrected chi connectivity index (χ2v) is 4.33. The number of nitrogens with one attached hydrogen (secondary N) is 1. The van der Waals surface area contributed by atoms with Crippen molar-refractivity contribution in [3.05, 3.63) is 22.6 Å². The topological polar surface area (TPSA) is 50.2 Å². The Hall–Kier alpha value is -1.40. The smallest absolute Gasteiger partial charge is 0.276 e. The zero-order chi connectivity index (χ0) is 12.6. The van der Waals surface area contributed by atoms with E-state index in [0.29, 0.717) is 28.1 Å². The van der Waals surface area contributed by atoms with Crippen LogP contribution >= 0.6 is 23.8 Å². The Labute approximate surface area is 109 Å². The first kappa shape index (κ1) is 12.1. The van der Waals surface area contributed by atoms with Gasteiger partial charge in [0.25, 0.3) is 5.91 Å². The Kier molecular flexibility index (Phi) is 3.17. The largest absolute Gasteiger partial charge is 0.328 e. The molecule has 7 heteroatoms. The van der Waals surface area contributed by atoms with E-state index in [-0.39, 0.29) is 5.91 Å². The van der Waals surface area contributed by atoms with Crippen molar-refractivity contribution in [2.75, 3.05) is 6.54 Å². The molecule has 5 nitrogen and oxygen atoms in total. The molecule has 1 saturated heterocycles. The number of hydrogen-bond donors (Lipinski definition) is 1.